The molecule has 8 atom stereocenters. The number of benzene rings is 2. The van der Waals surface area contributed by atoms with Crippen LogP contribution in [0.3, 0.4) is 0 Å². The topological polar surface area (TPSA) is 69.7 Å². The second kappa shape index (κ2) is 14.7. The molecule has 0 heterocycles. The first kappa shape index (κ1) is 41.0. The monoisotopic (exact) mass is 788 g/mol. The van der Waals surface area contributed by atoms with Crippen molar-refractivity contribution in [2.45, 2.75) is 126 Å². The summed E-state index contributed by atoms with van der Waals surface area (Å²) in [6.07, 6.45) is 14.0. The Hall–Kier alpha value is -3.80. The van der Waals surface area contributed by atoms with E-state index in [0.717, 1.165) is 56.1 Å². The normalized spacial score (nSPS) is 36.5. The SMILES string of the molecule is CC(C)C1=C2[C@H]3CC[C@@H]4[C@@]5(C)CC=C(C6=CCC(CF)(C(=O)OCc7ccccc7)CC6)C(C)(C)[C@@H]5CC[C@@]4(C)[C@]3(C)CC[C@@]2(COC(=O)c2ccccc2)CC1=O. The van der Waals surface area contributed by atoms with Crippen LogP contribution in [0.1, 0.15) is 135 Å². The molecule has 6 aliphatic carbocycles. The van der Waals surface area contributed by atoms with Gasteiger partial charge < -0.3 is 9.47 Å². The summed E-state index contributed by atoms with van der Waals surface area (Å²) in [7, 11) is 0. The highest BCUT2D eigenvalue weighted by Gasteiger charge is 2.69. The fourth-order valence-electron chi connectivity index (χ4n) is 14.3. The maximum atomic E-state index is 14.8. The number of rotatable bonds is 9. The lowest BCUT2D eigenvalue weighted by atomic mass is 9.33. The number of ketones is 1. The quantitative estimate of drug-likeness (QED) is 0.237. The van der Waals surface area contributed by atoms with Crippen molar-refractivity contribution in [3.05, 3.63) is 106 Å². The predicted molar refractivity (Wildman–Crippen MR) is 226 cm³/mol. The largest absolute Gasteiger partial charge is 0.461 e. The van der Waals surface area contributed by atoms with Crippen molar-refractivity contribution in [2.24, 2.45) is 56.2 Å². The maximum absolute atomic E-state index is 14.8. The summed E-state index contributed by atoms with van der Waals surface area (Å²) in [5.41, 5.74) is 5.07. The van der Waals surface area contributed by atoms with Crippen LogP contribution >= 0.6 is 0 Å². The lowest BCUT2D eigenvalue weighted by molar-refractivity contribution is -0.200. The fourth-order valence-corrected chi connectivity index (χ4v) is 14.3. The average Bonchev–Trinajstić information content (AvgIpc) is 3.52. The van der Waals surface area contributed by atoms with Crippen molar-refractivity contribution >= 4 is 17.7 Å². The molecule has 3 fully saturated rings. The molecule has 0 bridgehead atoms. The number of alkyl halides is 1. The molecular formula is C52H65FO5. The summed E-state index contributed by atoms with van der Waals surface area (Å²) in [6.45, 7) is 16.7. The number of fused-ring (bicyclic) bond motifs is 7. The number of carbonyl (C=O) groups excluding carboxylic acids is 3. The van der Waals surface area contributed by atoms with Crippen molar-refractivity contribution in [3.8, 4) is 0 Å². The van der Waals surface area contributed by atoms with Crippen LogP contribution in [-0.4, -0.2) is 31.0 Å². The number of hydrogen-bond acceptors (Lipinski definition) is 5. The predicted octanol–water partition coefficient (Wildman–Crippen LogP) is 12.2. The Balaban J connectivity index is 1.04. The number of carbonyl (C=O) groups is 3. The van der Waals surface area contributed by atoms with E-state index in [1.807, 2.05) is 48.5 Å². The van der Waals surface area contributed by atoms with E-state index in [4.69, 9.17) is 9.47 Å². The van der Waals surface area contributed by atoms with Gasteiger partial charge in [-0.1, -0.05) is 109 Å². The molecule has 6 heteroatoms. The summed E-state index contributed by atoms with van der Waals surface area (Å²) in [5.74, 6) is 0.940. The number of allylic oxidation sites excluding steroid dienone is 5. The molecule has 0 saturated heterocycles. The molecule has 58 heavy (non-hydrogen) atoms. The first-order valence-corrected chi connectivity index (χ1v) is 22.2. The second-order valence-corrected chi connectivity index (χ2v) is 20.9. The highest BCUT2D eigenvalue weighted by atomic mass is 19.1. The Morgan fingerprint density at radius 3 is 2.16 bits per heavy atom. The number of ether oxygens (including phenoxy) is 2. The van der Waals surface area contributed by atoms with Crippen molar-refractivity contribution in [2.75, 3.05) is 13.3 Å². The molecule has 1 unspecified atom stereocenters. The van der Waals surface area contributed by atoms with Gasteiger partial charge in [0.15, 0.2) is 5.78 Å². The standard InChI is InChI=1S/C52H65FO5/c1-34(2)43-40(54)30-52(33-58-45(55)37-16-12-9-13-17-37)29-28-49(6)39(44(43)52)18-19-42-48(5)24-22-38(47(3,4)41(48)23-25-50(42,49)7)36-20-26-51(32-53,27-21-36)46(56)57-31-35-14-10-8-11-15-35/h8-17,20,22,34,39,41-42H,18-19,21,23-33H2,1-7H3/t39-,41+,42-,48+,49-,50-,51?,52+/m1/s1. The molecule has 0 amide bonds. The molecular weight excluding hydrogens is 724 g/mol. The maximum Gasteiger partial charge on any atom is 0.338 e. The van der Waals surface area contributed by atoms with Gasteiger partial charge in [0.05, 0.1) is 11.0 Å². The summed E-state index contributed by atoms with van der Waals surface area (Å²) in [6, 6.07) is 18.8. The van der Waals surface area contributed by atoms with E-state index in [-0.39, 0.29) is 58.5 Å². The third kappa shape index (κ3) is 6.23. The van der Waals surface area contributed by atoms with E-state index in [1.165, 1.54) is 16.7 Å². The summed E-state index contributed by atoms with van der Waals surface area (Å²) in [4.78, 5) is 40.7. The Morgan fingerprint density at radius 1 is 0.793 bits per heavy atom. The zero-order valence-corrected chi connectivity index (χ0v) is 36.1. The molecule has 2 aromatic carbocycles. The zero-order valence-electron chi connectivity index (χ0n) is 36.1. The highest BCUT2D eigenvalue weighted by molar-refractivity contribution is 6.01. The van der Waals surface area contributed by atoms with Gasteiger partial charge >= 0.3 is 11.9 Å². The molecule has 5 nitrogen and oxygen atoms in total. The van der Waals surface area contributed by atoms with Gasteiger partial charge in [-0.3, -0.25) is 9.59 Å². The third-order valence-electron chi connectivity index (χ3n) is 17.5. The second-order valence-electron chi connectivity index (χ2n) is 20.9. The van der Waals surface area contributed by atoms with Crippen LogP contribution in [0, 0.1) is 56.2 Å². The first-order chi connectivity index (χ1) is 27.6. The van der Waals surface area contributed by atoms with E-state index in [2.05, 4.69) is 60.6 Å². The molecule has 0 aliphatic heterocycles. The van der Waals surface area contributed by atoms with Gasteiger partial charge in [0.2, 0.25) is 0 Å². The van der Waals surface area contributed by atoms with Gasteiger partial charge in [0, 0.05) is 11.8 Å². The Kier molecular flexibility index (Phi) is 10.4. The molecule has 6 aliphatic rings. The third-order valence-corrected chi connectivity index (χ3v) is 17.5. The van der Waals surface area contributed by atoms with Gasteiger partial charge in [-0.2, -0.15) is 0 Å². The first-order valence-electron chi connectivity index (χ1n) is 22.2. The summed E-state index contributed by atoms with van der Waals surface area (Å²) in [5, 5.41) is 0. The molecule has 2 aromatic rings. The smallest absolute Gasteiger partial charge is 0.338 e. The zero-order chi connectivity index (χ0) is 41.3. The Morgan fingerprint density at radius 2 is 1.50 bits per heavy atom. The van der Waals surface area contributed by atoms with Crippen molar-refractivity contribution in [1.82, 2.24) is 0 Å². The van der Waals surface area contributed by atoms with Crippen molar-refractivity contribution < 1.29 is 28.2 Å². The van der Waals surface area contributed by atoms with Crippen LogP contribution in [-0.2, 0) is 25.7 Å². The minimum atomic E-state index is -1.12. The molecule has 0 N–H and O–H groups in total. The summed E-state index contributed by atoms with van der Waals surface area (Å²) >= 11 is 0. The van der Waals surface area contributed by atoms with Crippen LogP contribution in [0.5, 0.6) is 0 Å². The number of esters is 2. The van der Waals surface area contributed by atoms with E-state index < -0.39 is 23.5 Å². The van der Waals surface area contributed by atoms with E-state index in [0.29, 0.717) is 43.1 Å². The average molecular weight is 789 g/mol. The number of halogens is 1. The summed E-state index contributed by atoms with van der Waals surface area (Å²) < 4.78 is 26.6. The van der Waals surface area contributed by atoms with Gasteiger partial charge in [-0.05, 0) is 150 Å². The van der Waals surface area contributed by atoms with Crippen molar-refractivity contribution in [3.63, 3.8) is 0 Å². The van der Waals surface area contributed by atoms with Gasteiger partial charge in [-0.15, -0.1) is 0 Å². The molecule has 310 valence electrons. The highest BCUT2D eigenvalue weighted by Crippen LogP contribution is 2.77. The minimum absolute atomic E-state index is 0.0157. The van der Waals surface area contributed by atoms with Gasteiger partial charge in [0.25, 0.3) is 0 Å². The van der Waals surface area contributed by atoms with Crippen LogP contribution < -0.4 is 0 Å². The van der Waals surface area contributed by atoms with Crippen LogP contribution in [0.2, 0.25) is 0 Å². The van der Waals surface area contributed by atoms with E-state index in [1.54, 1.807) is 12.1 Å². The Bertz CT molecular complexity index is 2040. The molecule has 3 saturated carbocycles. The molecule has 8 rings (SSSR count). The van der Waals surface area contributed by atoms with Crippen LogP contribution in [0.4, 0.5) is 4.39 Å². The van der Waals surface area contributed by atoms with E-state index in [9.17, 15) is 18.8 Å². The number of Topliss-reactive ketones (excluding diaryl/α,β-unsaturated/α-hetero) is 1. The fraction of sp³-hybridized carbons (Fsp3) is 0.596. The van der Waals surface area contributed by atoms with Crippen LogP contribution in [0.25, 0.3) is 0 Å². The lowest BCUT2D eigenvalue weighted by Crippen LogP contribution is -2.64. The van der Waals surface area contributed by atoms with E-state index >= 15 is 0 Å². The number of hydrogen-bond donors (Lipinski definition) is 0. The lowest BCUT2D eigenvalue weighted by Gasteiger charge is -2.71. The molecule has 0 aromatic heterocycles. The minimum Gasteiger partial charge on any atom is -0.461 e. The van der Waals surface area contributed by atoms with Crippen LogP contribution in [0.15, 0.2) is 95.1 Å². The Labute approximate surface area is 346 Å². The van der Waals surface area contributed by atoms with Crippen molar-refractivity contribution in [1.29, 1.82) is 0 Å². The molecule has 0 spiro atoms. The molecule has 0 radical (unpaired) electrons. The van der Waals surface area contributed by atoms with Gasteiger partial charge in [0.1, 0.15) is 19.9 Å². The van der Waals surface area contributed by atoms with Gasteiger partial charge in [-0.25, -0.2) is 9.18 Å².